The zero-order valence-corrected chi connectivity index (χ0v) is 15.7. The summed E-state index contributed by atoms with van der Waals surface area (Å²) < 4.78 is 5.96. The lowest BCUT2D eigenvalue weighted by molar-refractivity contribution is -0.0965. The smallest absolute Gasteiger partial charge is 0.278 e. The Hall–Kier alpha value is -2.27. The quantitative estimate of drug-likeness (QED) is 0.558. The van der Waals surface area contributed by atoms with Gasteiger partial charge in [0.2, 0.25) is 0 Å². The molecule has 0 saturated carbocycles. The highest BCUT2D eigenvalue weighted by Gasteiger charge is 2.45. The third-order valence-electron chi connectivity index (χ3n) is 5.17. The number of hydroxylamine groups is 2. The van der Waals surface area contributed by atoms with Crippen LogP contribution in [0.1, 0.15) is 22.0 Å². The summed E-state index contributed by atoms with van der Waals surface area (Å²) >= 11 is 12.1. The molecule has 5 rings (SSSR count). The van der Waals surface area contributed by atoms with Gasteiger partial charge in [0, 0.05) is 17.0 Å². The number of nitrogens with zero attached hydrogens (tertiary/aromatic N) is 1. The van der Waals surface area contributed by atoms with Crippen LogP contribution in [0.2, 0.25) is 10.0 Å². The Labute approximate surface area is 166 Å². The first-order valence-corrected chi connectivity index (χ1v) is 9.45. The first kappa shape index (κ1) is 16.9. The lowest BCUT2D eigenvalue weighted by Crippen LogP contribution is -2.35. The van der Waals surface area contributed by atoms with Gasteiger partial charge in [0.15, 0.2) is 0 Å². The Bertz CT molecular complexity index is 1070. The average molecular weight is 400 g/mol. The van der Waals surface area contributed by atoms with Crippen LogP contribution in [0.15, 0.2) is 54.6 Å². The van der Waals surface area contributed by atoms with Gasteiger partial charge in [-0.25, -0.2) is 5.06 Å². The zero-order valence-electron chi connectivity index (χ0n) is 14.2. The van der Waals surface area contributed by atoms with E-state index < -0.39 is 0 Å². The summed E-state index contributed by atoms with van der Waals surface area (Å²) in [6.07, 6.45) is 0. The Morgan fingerprint density at radius 2 is 1.85 bits per heavy atom. The molecule has 2 unspecified atom stereocenters. The standard InChI is InChI=1S/C21H15Cl2NO3/c22-16-7-5-13(9-17(16)23)21(25)24-20-14(11-27-24)10-26-18-8-6-12-3-1-2-4-15(12)19(18)20/h1-9,14,20H,10-11H2. The number of amides is 1. The van der Waals surface area contributed by atoms with Crippen LogP contribution in [0, 0.1) is 5.92 Å². The van der Waals surface area contributed by atoms with Crippen LogP contribution in [0.5, 0.6) is 5.75 Å². The lowest BCUT2D eigenvalue weighted by Gasteiger charge is -2.32. The second kappa shape index (κ2) is 6.41. The third-order valence-corrected chi connectivity index (χ3v) is 5.91. The zero-order chi connectivity index (χ0) is 18.5. The number of rotatable bonds is 1. The van der Waals surface area contributed by atoms with E-state index in [9.17, 15) is 4.79 Å². The Morgan fingerprint density at radius 3 is 2.70 bits per heavy atom. The lowest BCUT2D eigenvalue weighted by atomic mass is 9.88. The van der Waals surface area contributed by atoms with Crippen LogP contribution >= 0.6 is 23.2 Å². The highest BCUT2D eigenvalue weighted by molar-refractivity contribution is 6.42. The number of ether oxygens (including phenoxy) is 1. The third kappa shape index (κ3) is 2.67. The van der Waals surface area contributed by atoms with Crippen LogP contribution in [0.25, 0.3) is 10.8 Å². The SMILES string of the molecule is O=C(c1ccc(Cl)c(Cl)c1)N1OCC2COc3ccc4ccccc4c3C21. The van der Waals surface area contributed by atoms with E-state index in [2.05, 4.69) is 12.1 Å². The molecule has 0 radical (unpaired) electrons. The van der Waals surface area contributed by atoms with Gasteiger partial charge >= 0.3 is 0 Å². The molecule has 2 aliphatic rings. The molecule has 2 atom stereocenters. The van der Waals surface area contributed by atoms with E-state index >= 15 is 0 Å². The summed E-state index contributed by atoms with van der Waals surface area (Å²) in [5, 5.41) is 4.40. The van der Waals surface area contributed by atoms with Crippen molar-refractivity contribution in [3.05, 3.63) is 75.8 Å². The Morgan fingerprint density at radius 1 is 1.00 bits per heavy atom. The summed E-state index contributed by atoms with van der Waals surface area (Å²) in [5.74, 6) is 0.643. The second-order valence-electron chi connectivity index (χ2n) is 6.77. The maximum absolute atomic E-state index is 13.2. The Balaban J connectivity index is 1.61. The van der Waals surface area contributed by atoms with Crippen LogP contribution < -0.4 is 4.74 Å². The number of halogens is 2. The van der Waals surface area contributed by atoms with Crippen LogP contribution in [0.4, 0.5) is 0 Å². The van der Waals surface area contributed by atoms with E-state index in [0.717, 1.165) is 22.1 Å². The van der Waals surface area contributed by atoms with Gasteiger partial charge in [-0.05, 0) is 35.0 Å². The van der Waals surface area contributed by atoms with E-state index in [1.54, 1.807) is 18.2 Å². The van der Waals surface area contributed by atoms with E-state index in [1.165, 1.54) is 5.06 Å². The molecule has 2 aliphatic heterocycles. The second-order valence-corrected chi connectivity index (χ2v) is 7.58. The van der Waals surface area contributed by atoms with Gasteiger partial charge in [0.25, 0.3) is 5.91 Å². The molecule has 0 aromatic heterocycles. The Kier molecular flexibility index (Phi) is 4.01. The van der Waals surface area contributed by atoms with Gasteiger partial charge in [0.05, 0.1) is 29.3 Å². The molecular formula is C21H15Cl2NO3. The molecule has 0 aliphatic carbocycles. The minimum atomic E-state index is -0.234. The summed E-state index contributed by atoms with van der Waals surface area (Å²) in [6.45, 7) is 0.946. The van der Waals surface area contributed by atoms with E-state index in [0.29, 0.717) is 28.8 Å². The molecule has 3 aromatic rings. The van der Waals surface area contributed by atoms with Gasteiger partial charge < -0.3 is 4.74 Å². The number of carbonyl (C=O) groups is 1. The fourth-order valence-corrected chi connectivity index (χ4v) is 4.17. The highest BCUT2D eigenvalue weighted by atomic mass is 35.5. The summed E-state index contributed by atoms with van der Waals surface area (Å²) in [4.78, 5) is 19.0. The van der Waals surface area contributed by atoms with Crippen molar-refractivity contribution in [1.29, 1.82) is 0 Å². The first-order valence-electron chi connectivity index (χ1n) is 8.69. The molecule has 0 bridgehead atoms. The van der Waals surface area contributed by atoms with Crippen molar-refractivity contribution in [2.75, 3.05) is 13.2 Å². The monoisotopic (exact) mass is 399 g/mol. The summed E-state index contributed by atoms with van der Waals surface area (Å²) in [7, 11) is 0. The van der Waals surface area contributed by atoms with Gasteiger partial charge in [0.1, 0.15) is 5.75 Å². The van der Waals surface area contributed by atoms with Crippen LogP contribution in [-0.4, -0.2) is 24.2 Å². The van der Waals surface area contributed by atoms with Crippen molar-refractivity contribution in [3.63, 3.8) is 0 Å². The average Bonchev–Trinajstić information content (AvgIpc) is 3.13. The maximum Gasteiger partial charge on any atom is 0.278 e. The minimum absolute atomic E-state index is 0.0787. The predicted octanol–water partition coefficient (Wildman–Crippen LogP) is 5.28. The summed E-state index contributed by atoms with van der Waals surface area (Å²) in [5.41, 5.74) is 1.44. The molecular weight excluding hydrogens is 385 g/mol. The molecule has 1 amide bonds. The highest BCUT2D eigenvalue weighted by Crippen LogP contribution is 2.47. The van der Waals surface area contributed by atoms with E-state index in [1.807, 2.05) is 24.3 Å². The molecule has 3 aromatic carbocycles. The number of hydrogen-bond acceptors (Lipinski definition) is 3. The van der Waals surface area contributed by atoms with Crippen molar-refractivity contribution >= 4 is 39.9 Å². The van der Waals surface area contributed by atoms with Gasteiger partial charge in [-0.3, -0.25) is 9.63 Å². The fraction of sp³-hybridized carbons (Fsp3) is 0.190. The molecule has 0 spiro atoms. The molecule has 6 heteroatoms. The summed E-state index contributed by atoms with van der Waals surface area (Å²) in [6, 6.07) is 16.8. The van der Waals surface area contributed by atoms with Crippen molar-refractivity contribution < 1.29 is 14.4 Å². The fourth-order valence-electron chi connectivity index (χ4n) is 3.88. The molecule has 27 heavy (non-hydrogen) atoms. The molecule has 2 heterocycles. The van der Waals surface area contributed by atoms with Gasteiger partial charge in [-0.15, -0.1) is 0 Å². The van der Waals surface area contributed by atoms with Crippen molar-refractivity contribution in [3.8, 4) is 5.75 Å². The first-order chi connectivity index (χ1) is 13.1. The van der Waals surface area contributed by atoms with Gasteiger partial charge in [-0.2, -0.15) is 0 Å². The number of carbonyl (C=O) groups excluding carboxylic acids is 1. The minimum Gasteiger partial charge on any atom is -0.493 e. The van der Waals surface area contributed by atoms with E-state index in [4.69, 9.17) is 32.8 Å². The molecule has 0 N–H and O–H groups in total. The van der Waals surface area contributed by atoms with Crippen molar-refractivity contribution in [2.24, 2.45) is 5.92 Å². The van der Waals surface area contributed by atoms with E-state index in [-0.39, 0.29) is 17.9 Å². The molecule has 4 nitrogen and oxygen atoms in total. The normalized spacial score (nSPS) is 20.9. The van der Waals surface area contributed by atoms with Crippen LogP contribution in [-0.2, 0) is 4.84 Å². The van der Waals surface area contributed by atoms with Gasteiger partial charge in [-0.1, -0.05) is 53.5 Å². The number of fused-ring (bicyclic) bond motifs is 5. The number of hydrogen-bond donors (Lipinski definition) is 0. The van der Waals surface area contributed by atoms with Crippen LogP contribution in [0.3, 0.4) is 0 Å². The predicted molar refractivity (Wildman–Crippen MR) is 104 cm³/mol. The van der Waals surface area contributed by atoms with Crippen molar-refractivity contribution in [2.45, 2.75) is 6.04 Å². The molecule has 136 valence electrons. The molecule has 1 saturated heterocycles. The molecule has 1 fully saturated rings. The number of benzene rings is 3. The topological polar surface area (TPSA) is 38.8 Å². The van der Waals surface area contributed by atoms with Crippen molar-refractivity contribution in [1.82, 2.24) is 5.06 Å². The largest absolute Gasteiger partial charge is 0.493 e. The maximum atomic E-state index is 13.2.